The molecule has 0 aliphatic carbocycles. The van der Waals surface area contributed by atoms with Gasteiger partial charge in [-0.25, -0.2) is 9.78 Å². The highest BCUT2D eigenvalue weighted by Gasteiger charge is 2.12. The van der Waals surface area contributed by atoms with Crippen molar-refractivity contribution in [1.82, 2.24) is 9.97 Å². The second kappa shape index (κ2) is 6.42. The summed E-state index contributed by atoms with van der Waals surface area (Å²) in [6.07, 6.45) is 4.10. The number of aromatic nitrogens is 2. The molecule has 102 valence electrons. The van der Waals surface area contributed by atoms with Crippen molar-refractivity contribution in [3.05, 3.63) is 54.1 Å². The number of hydrogen-bond donors (Lipinski definition) is 0. The number of carbonyl (C=O) groups is 2. The molecular formula is C14H12N2O4. The van der Waals surface area contributed by atoms with Gasteiger partial charge >= 0.3 is 5.97 Å². The number of methoxy groups -OCH3 is 1. The standard InChI is InChI=1S/C14H12N2O4/c1-19-11-4-2-10(3-5-11)13(17)9-20-14(18)12-8-15-6-7-16-12/h2-8H,9H2,1H3. The van der Waals surface area contributed by atoms with Gasteiger partial charge in [-0.05, 0) is 24.3 Å². The summed E-state index contributed by atoms with van der Waals surface area (Å²) in [5.41, 5.74) is 0.507. The van der Waals surface area contributed by atoms with Gasteiger partial charge in [0.25, 0.3) is 0 Å². The second-order valence-corrected chi connectivity index (χ2v) is 3.82. The Hall–Kier alpha value is -2.76. The van der Waals surface area contributed by atoms with Gasteiger partial charge in [-0.15, -0.1) is 0 Å². The van der Waals surface area contributed by atoms with Crippen molar-refractivity contribution in [2.24, 2.45) is 0 Å². The van der Waals surface area contributed by atoms with Crippen LogP contribution in [0.15, 0.2) is 42.9 Å². The van der Waals surface area contributed by atoms with Crippen LogP contribution in [0.3, 0.4) is 0 Å². The lowest BCUT2D eigenvalue weighted by Crippen LogP contribution is -2.15. The number of benzene rings is 1. The zero-order chi connectivity index (χ0) is 14.4. The number of rotatable bonds is 5. The summed E-state index contributed by atoms with van der Waals surface area (Å²) in [7, 11) is 1.54. The molecule has 0 saturated heterocycles. The Morgan fingerprint density at radius 1 is 1.15 bits per heavy atom. The molecule has 1 heterocycles. The Bertz CT molecular complexity index is 596. The molecule has 0 unspecified atom stereocenters. The molecule has 20 heavy (non-hydrogen) atoms. The van der Waals surface area contributed by atoms with E-state index in [2.05, 4.69) is 9.97 Å². The third-order valence-electron chi connectivity index (χ3n) is 2.52. The Labute approximate surface area is 115 Å². The van der Waals surface area contributed by atoms with E-state index < -0.39 is 5.97 Å². The fraction of sp³-hybridized carbons (Fsp3) is 0.143. The summed E-state index contributed by atoms with van der Waals surface area (Å²) < 4.78 is 9.87. The molecule has 0 radical (unpaired) electrons. The minimum Gasteiger partial charge on any atom is -0.497 e. The Balaban J connectivity index is 1.93. The zero-order valence-electron chi connectivity index (χ0n) is 10.8. The summed E-state index contributed by atoms with van der Waals surface area (Å²) >= 11 is 0. The highest BCUT2D eigenvalue weighted by Crippen LogP contribution is 2.11. The molecule has 0 aliphatic rings. The van der Waals surface area contributed by atoms with E-state index in [0.717, 1.165) is 0 Å². The Morgan fingerprint density at radius 2 is 1.90 bits per heavy atom. The minimum atomic E-state index is -0.681. The molecule has 0 amide bonds. The SMILES string of the molecule is COc1ccc(C(=O)COC(=O)c2cnccn2)cc1. The van der Waals surface area contributed by atoms with E-state index in [9.17, 15) is 9.59 Å². The van der Waals surface area contributed by atoms with Crippen LogP contribution >= 0.6 is 0 Å². The quantitative estimate of drug-likeness (QED) is 0.606. The number of esters is 1. The highest BCUT2D eigenvalue weighted by atomic mass is 16.5. The highest BCUT2D eigenvalue weighted by molar-refractivity contribution is 5.99. The van der Waals surface area contributed by atoms with E-state index in [0.29, 0.717) is 11.3 Å². The van der Waals surface area contributed by atoms with E-state index in [1.807, 2.05) is 0 Å². The molecule has 0 aliphatic heterocycles. The van der Waals surface area contributed by atoms with Gasteiger partial charge in [0.05, 0.1) is 13.3 Å². The lowest BCUT2D eigenvalue weighted by molar-refractivity contribution is 0.0468. The monoisotopic (exact) mass is 272 g/mol. The van der Waals surface area contributed by atoms with Crippen molar-refractivity contribution >= 4 is 11.8 Å². The van der Waals surface area contributed by atoms with E-state index >= 15 is 0 Å². The molecular weight excluding hydrogens is 260 g/mol. The summed E-state index contributed by atoms with van der Waals surface area (Å²) in [4.78, 5) is 30.9. The van der Waals surface area contributed by atoms with Gasteiger partial charge in [-0.1, -0.05) is 0 Å². The lowest BCUT2D eigenvalue weighted by Gasteiger charge is -2.04. The van der Waals surface area contributed by atoms with Gasteiger partial charge in [0.15, 0.2) is 18.1 Å². The van der Waals surface area contributed by atoms with Crippen molar-refractivity contribution in [2.75, 3.05) is 13.7 Å². The summed E-state index contributed by atoms with van der Waals surface area (Å²) in [5, 5.41) is 0. The maximum atomic E-state index is 11.8. The Morgan fingerprint density at radius 3 is 2.50 bits per heavy atom. The number of hydrogen-bond acceptors (Lipinski definition) is 6. The van der Waals surface area contributed by atoms with E-state index in [4.69, 9.17) is 9.47 Å². The van der Waals surface area contributed by atoms with Crippen LogP contribution < -0.4 is 4.74 Å². The van der Waals surface area contributed by atoms with Crippen molar-refractivity contribution in [3.63, 3.8) is 0 Å². The second-order valence-electron chi connectivity index (χ2n) is 3.82. The maximum absolute atomic E-state index is 11.8. The summed E-state index contributed by atoms with van der Waals surface area (Å²) in [6.45, 7) is -0.345. The van der Waals surface area contributed by atoms with Crippen LogP contribution in [0.5, 0.6) is 5.75 Å². The van der Waals surface area contributed by atoms with Crippen LogP contribution in [-0.4, -0.2) is 35.4 Å². The van der Waals surface area contributed by atoms with Gasteiger partial charge in [0, 0.05) is 18.0 Å². The molecule has 0 bridgehead atoms. The minimum absolute atomic E-state index is 0.0648. The molecule has 1 aromatic carbocycles. The number of nitrogens with zero attached hydrogens (tertiary/aromatic N) is 2. The van der Waals surface area contributed by atoms with Gasteiger partial charge < -0.3 is 9.47 Å². The van der Waals surface area contributed by atoms with E-state index in [1.165, 1.54) is 18.6 Å². The van der Waals surface area contributed by atoms with E-state index in [1.54, 1.807) is 31.4 Å². The maximum Gasteiger partial charge on any atom is 0.358 e. The summed E-state index contributed by atoms with van der Waals surface area (Å²) in [6, 6.07) is 6.55. The first-order chi connectivity index (χ1) is 9.70. The average molecular weight is 272 g/mol. The molecule has 0 saturated carbocycles. The van der Waals surface area contributed by atoms with Crippen LogP contribution in [0.4, 0.5) is 0 Å². The summed E-state index contributed by atoms with van der Waals surface area (Å²) in [5.74, 6) is -0.331. The molecule has 1 aromatic heterocycles. The molecule has 0 N–H and O–H groups in total. The molecule has 0 atom stereocenters. The van der Waals surface area contributed by atoms with Gasteiger partial charge in [-0.3, -0.25) is 9.78 Å². The largest absolute Gasteiger partial charge is 0.497 e. The first-order valence-corrected chi connectivity index (χ1v) is 5.81. The average Bonchev–Trinajstić information content (AvgIpc) is 2.53. The molecule has 2 aromatic rings. The van der Waals surface area contributed by atoms with Crippen LogP contribution in [0.2, 0.25) is 0 Å². The Kier molecular flexibility index (Phi) is 4.39. The topological polar surface area (TPSA) is 78.4 Å². The van der Waals surface area contributed by atoms with Crippen LogP contribution in [0.1, 0.15) is 20.8 Å². The fourth-order valence-electron chi connectivity index (χ4n) is 1.47. The number of Topliss-reactive ketones (excluding diaryl/α,β-unsaturated/α-hetero) is 1. The van der Waals surface area contributed by atoms with Crippen LogP contribution in [0, 0.1) is 0 Å². The first kappa shape index (κ1) is 13.7. The van der Waals surface area contributed by atoms with Gasteiger partial charge in [0.2, 0.25) is 0 Å². The third kappa shape index (κ3) is 3.38. The molecule has 6 nitrogen and oxygen atoms in total. The molecule has 6 heteroatoms. The zero-order valence-corrected chi connectivity index (χ0v) is 10.8. The van der Waals surface area contributed by atoms with E-state index in [-0.39, 0.29) is 18.1 Å². The van der Waals surface area contributed by atoms with Crippen molar-refractivity contribution < 1.29 is 19.1 Å². The van der Waals surface area contributed by atoms with Crippen LogP contribution in [-0.2, 0) is 4.74 Å². The lowest BCUT2D eigenvalue weighted by atomic mass is 10.1. The van der Waals surface area contributed by atoms with Crippen molar-refractivity contribution in [3.8, 4) is 5.75 Å². The first-order valence-electron chi connectivity index (χ1n) is 5.81. The van der Waals surface area contributed by atoms with Crippen LogP contribution in [0.25, 0.3) is 0 Å². The predicted molar refractivity (Wildman–Crippen MR) is 69.6 cm³/mol. The van der Waals surface area contributed by atoms with Crippen molar-refractivity contribution in [2.45, 2.75) is 0 Å². The predicted octanol–water partition coefficient (Wildman–Crippen LogP) is 1.52. The fourth-order valence-corrected chi connectivity index (χ4v) is 1.47. The molecule has 0 spiro atoms. The number of ether oxygens (including phenoxy) is 2. The molecule has 0 fully saturated rings. The molecule has 2 rings (SSSR count). The van der Waals surface area contributed by atoms with Crippen molar-refractivity contribution in [1.29, 1.82) is 0 Å². The normalized spacial score (nSPS) is 9.85. The number of carbonyl (C=O) groups excluding carboxylic acids is 2. The third-order valence-corrected chi connectivity index (χ3v) is 2.52. The number of ketones is 1. The van der Waals surface area contributed by atoms with Gasteiger partial charge in [0.1, 0.15) is 5.75 Å². The van der Waals surface area contributed by atoms with Gasteiger partial charge in [-0.2, -0.15) is 0 Å². The smallest absolute Gasteiger partial charge is 0.358 e.